The molecule has 1 saturated carbocycles. The van der Waals surface area contributed by atoms with E-state index in [0.29, 0.717) is 18.3 Å². The maximum absolute atomic E-state index is 12.8. The summed E-state index contributed by atoms with van der Waals surface area (Å²) in [5, 5.41) is 29.8. The van der Waals surface area contributed by atoms with Gasteiger partial charge in [0.15, 0.2) is 0 Å². The lowest BCUT2D eigenvalue weighted by molar-refractivity contribution is -0.133. The van der Waals surface area contributed by atoms with Crippen LogP contribution in [0.15, 0.2) is 85.0 Å². The first-order valence-electron chi connectivity index (χ1n) is 17.3. The lowest BCUT2D eigenvalue weighted by Crippen LogP contribution is -2.51. The number of unbranched alkanes of at least 4 members (excludes halogenated alkanes) is 1. The molecule has 5 nitrogen and oxygen atoms in total. The van der Waals surface area contributed by atoms with Gasteiger partial charge in [0, 0.05) is 6.04 Å². The van der Waals surface area contributed by atoms with E-state index < -0.39 is 24.4 Å². The van der Waals surface area contributed by atoms with Crippen LogP contribution in [0.25, 0.3) is 5.57 Å². The van der Waals surface area contributed by atoms with Crippen molar-refractivity contribution < 1.29 is 23.4 Å². The van der Waals surface area contributed by atoms with Crippen molar-refractivity contribution in [3.63, 3.8) is 0 Å². The fourth-order valence-corrected chi connectivity index (χ4v) is 7.42. The number of benzene rings is 2. The van der Waals surface area contributed by atoms with Gasteiger partial charge in [-0.2, -0.15) is 13.2 Å². The Labute approximate surface area is 280 Å². The predicted octanol–water partition coefficient (Wildman–Crippen LogP) is 7.63. The van der Waals surface area contributed by atoms with Crippen molar-refractivity contribution in [2.75, 3.05) is 32.8 Å². The number of rotatable bonds is 17. The number of fused-ring (bicyclic) bond motifs is 1. The molecule has 0 aliphatic heterocycles. The van der Waals surface area contributed by atoms with Gasteiger partial charge in [0.2, 0.25) is 0 Å². The van der Waals surface area contributed by atoms with E-state index in [1.807, 2.05) is 50.3 Å². The average Bonchev–Trinajstić information content (AvgIpc) is 3.65. The SMILES string of the molecule is C=C/C=C\C1=C(C)C(CCCCNCC)(C(O)NCC(F)(F)F)c2ccccc21.CCCNC(CO)C1CCCC1c1ccccc1. The molecule has 0 heterocycles. The lowest BCUT2D eigenvalue weighted by Gasteiger charge is -2.38. The Morgan fingerprint density at radius 1 is 1.00 bits per heavy atom. The van der Waals surface area contributed by atoms with Crippen molar-refractivity contribution in [1.82, 2.24) is 16.0 Å². The molecule has 260 valence electrons. The molecule has 2 aliphatic rings. The van der Waals surface area contributed by atoms with Gasteiger partial charge in [0.05, 0.1) is 18.6 Å². The first kappa shape index (κ1) is 38.7. The number of aliphatic hydroxyl groups is 2. The summed E-state index contributed by atoms with van der Waals surface area (Å²) in [4.78, 5) is 0. The summed E-state index contributed by atoms with van der Waals surface area (Å²) in [7, 11) is 0. The van der Waals surface area contributed by atoms with Crippen LogP contribution in [0.1, 0.15) is 88.3 Å². The monoisotopic (exact) mass is 655 g/mol. The molecule has 2 aliphatic carbocycles. The molecule has 0 aromatic heterocycles. The maximum atomic E-state index is 12.8. The Hall–Kier alpha value is -2.75. The van der Waals surface area contributed by atoms with Gasteiger partial charge in [-0.3, -0.25) is 5.32 Å². The topological polar surface area (TPSA) is 76.5 Å². The molecular formula is C39H56F3N3O2. The van der Waals surface area contributed by atoms with Crippen molar-refractivity contribution in [3.05, 3.63) is 102 Å². The Morgan fingerprint density at radius 2 is 1.72 bits per heavy atom. The average molecular weight is 656 g/mol. The molecule has 5 atom stereocenters. The highest BCUT2D eigenvalue weighted by Gasteiger charge is 2.48. The van der Waals surface area contributed by atoms with Gasteiger partial charge >= 0.3 is 6.18 Å². The zero-order valence-corrected chi connectivity index (χ0v) is 28.5. The molecule has 0 radical (unpaired) electrons. The normalized spacial score (nSPS) is 22.2. The van der Waals surface area contributed by atoms with Gasteiger partial charge in [0.1, 0.15) is 6.23 Å². The number of aliphatic hydroxyl groups excluding tert-OH is 2. The first-order chi connectivity index (χ1) is 22.6. The van der Waals surface area contributed by atoms with Crippen LogP contribution in [0.4, 0.5) is 13.2 Å². The highest BCUT2D eigenvalue weighted by molar-refractivity contribution is 5.86. The molecule has 5 N–H and O–H groups in total. The van der Waals surface area contributed by atoms with Crippen LogP contribution >= 0.6 is 0 Å². The van der Waals surface area contributed by atoms with Crippen molar-refractivity contribution in [1.29, 1.82) is 0 Å². The van der Waals surface area contributed by atoms with Crippen LogP contribution in [-0.2, 0) is 5.41 Å². The second-order valence-electron chi connectivity index (χ2n) is 12.7. The molecule has 0 saturated heterocycles. The highest BCUT2D eigenvalue weighted by Crippen LogP contribution is 2.51. The zero-order valence-electron chi connectivity index (χ0n) is 28.5. The van der Waals surface area contributed by atoms with E-state index in [9.17, 15) is 23.4 Å². The molecule has 0 amide bonds. The largest absolute Gasteiger partial charge is 0.401 e. The van der Waals surface area contributed by atoms with Gasteiger partial charge in [-0.25, -0.2) is 0 Å². The van der Waals surface area contributed by atoms with Crippen molar-refractivity contribution in [2.45, 2.75) is 95.5 Å². The van der Waals surface area contributed by atoms with Crippen LogP contribution in [-0.4, -0.2) is 61.4 Å². The fourth-order valence-electron chi connectivity index (χ4n) is 7.42. The second kappa shape index (κ2) is 19.3. The van der Waals surface area contributed by atoms with Gasteiger partial charge in [-0.1, -0.05) is 112 Å². The molecule has 2 aromatic carbocycles. The van der Waals surface area contributed by atoms with Crippen LogP contribution in [0, 0.1) is 5.92 Å². The number of halogens is 3. The summed E-state index contributed by atoms with van der Waals surface area (Å²) in [6.45, 7) is 11.6. The zero-order chi connectivity index (χ0) is 34.3. The van der Waals surface area contributed by atoms with Crippen LogP contribution in [0.3, 0.4) is 0 Å². The smallest absolute Gasteiger partial charge is 0.395 e. The minimum atomic E-state index is -4.39. The standard InChI is InChI=1S/C23H31F3N2O.C16H25NO/c1-4-6-11-18-17(3)22(14-9-10-15-27-5-2,20-13-8-7-12-19(18)20)21(29)28-16-23(24,25)26;1-2-11-17-16(12-18)15-10-6-9-14(15)13-7-4-3-5-8-13/h4,6-8,11-13,21,27-29H,1,5,9-10,14-16H2,2-3H3;3-5,7-8,14-18H,2,6,9-12H2,1H3/b11-6-;. The Morgan fingerprint density at radius 3 is 2.38 bits per heavy atom. The fraction of sp³-hybridized carbons (Fsp3) is 0.538. The van der Waals surface area contributed by atoms with Gasteiger partial charge < -0.3 is 20.8 Å². The van der Waals surface area contributed by atoms with E-state index in [1.54, 1.807) is 6.08 Å². The predicted molar refractivity (Wildman–Crippen MR) is 188 cm³/mol. The van der Waals surface area contributed by atoms with Crippen LogP contribution < -0.4 is 16.0 Å². The summed E-state index contributed by atoms with van der Waals surface area (Å²) in [6, 6.07) is 18.7. The highest BCUT2D eigenvalue weighted by atomic mass is 19.4. The van der Waals surface area contributed by atoms with Crippen LogP contribution in [0.2, 0.25) is 0 Å². The lowest BCUT2D eigenvalue weighted by atomic mass is 9.72. The van der Waals surface area contributed by atoms with E-state index in [-0.39, 0.29) is 12.6 Å². The summed E-state index contributed by atoms with van der Waals surface area (Å²) < 4.78 is 38.5. The summed E-state index contributed by atoms with van der Waals surface area (Å²) in [5.74, 6) is 1.21. The molecule has 1 fully saturated rings. The van der Waals surface area contributed by atoms with Crippen molar-refractivity contribution in [3.8, 4) is 0 Å². The number of alkyl halides is 3. The Bertz CT molecular complexity index is 1280. The van der Waals surface area contributed by atoms with E-state index in [1.165, 1.54) is 24.8 Å². The number of hydrogen-bond donors (Lipinski definition) is 5. The first-order valence-corrected chi connectivity index (χ1v) is 17.3. The minimum Gasteiger partial charge on any atom is -0.395 e. The molecule has 8 heteroatoms. The van der Waals surface area contributed by atoms with Crippen molar-refractivity contribution in [2.24, 2.45) is 5.92 Å². The van der Waals surface area contributed by atoms with Crippen LogP contribution in [0.5, 0.6) is 0 Å². The molecule has 4 rings (SSSR count). The minimum absolute atomic E-state index is 0.258. The summed E-state index contributed by atoms with van der Waals surface area (Å²) in [6.07, 6.45) is 6.78. The molecule has 5 unspecified atom stereocenters. The molecule has 2 aromatic rings. The summed E-state index contributed by atoms with van der Waals surface area (Å²) >= 11 is 0. The number of allylic oxidation sites excluding steroid dienone is 4. The Balaban J connectivity index is 0.000000284. The Kier molecular flexibility index (Phi) is 15.9. The second-order valence-corrected chi connectivity index (χ2v) is 12.7. The molecule has 0 bridgehead atoms. The van der Waals surface area contributed by atoms with E-state index in [0.717, 1.165) is 61.2 Å². The van der Waals surface area contributed by atoms with Gasteiger partial charge in [-0.15, -0.1) is 0 Å². The van der Waals surface area contributed by atoms with Gasteiger partial charge in [0.25, 0.3) is 0 Å². The van der Waals surface area contributed by atoms with E-state index in [2.05, 4.69) is 59.8 Å². The number of hydrogen-bond acceptors (Lipinski definition) is 5. The van der Waals surface area contributed by atoms with Gasteiger partial charge in [-0.05, 0) is 92.8 Å². The quantitative estimate of drug-likeness (QED) is 0.0689. The summed E-state index contributed by atoms with van der Waals surface area (Å²) in [5.41, 5.74) is 4.16. The molecular weight excluding hydrogens is 599 g/mol. The number of nitrogens with one attached hydrogen (secondary N) is 3. The maximum Gasteiger partial charge on any atom is 0.401 e. The van der Waals surface area contributed by atoms with E-state index in [4.69, 9.17) is 0 Å². The third kappa shape index (κ3) is 10.4. The third-order valence-corrected chi connectivity index (χ3v) is 9.72. The van der Waals surface area contributed by atoms with E-state index >= 15 is 0 Å². The third-order valence-electron chi connectivity index (χ3n) is 9.72. The molecule has 47 heavy (non-hydrogen) atoms. The molecule has 0 spiro atoms. The van der Waals surface area contributed by atoms with Crippen molar-refractivity contribution >= 4 is 5.57 Å².